The van der Waals surface area contributed by atoms with E-state index >= 15 is 0 Å². The van der Waals surface area contributed by atoms with Gasteiger partial charge in [0.1, 0.15) is 0 Å². The number of H-pyrrole nitrogens is 1. The lowest BCUT2D eigenvalue weighted by atomic mass is 9.94. The van der Waals surface area contributed by atoms with E-state index in [1.807, 2.05) is 0 Å². The van der Waals surface area contributed by atoms with E-state index in [1.165, 1.54) is 66.8 Å². The zero-order chi connectivity index (χ0) is 35.3. The van der Waals surface area contributed by atoms with Gasteiger partial charge in [-0.05, 0) is 80.7 Å². The van der Waals surface area contributed by atoms with Crippen molar-refractivity contribution in [2.24, 2.45) is 0 Å². The topological polar surface area (TPSA) is 51.9 Å². The fourth-order valence-electron chi connectivity index (χ4n) is 8.11. The number of hydrogen-bond donors (Lipinski definition) is 4. The van der Waals surface area contributed by atoms with Crippen molar-refractivity contribution in [1.82, 2.24) is 20.9 Å². The Labute approximate surface area is 306 Å². The molecule has 3 unspecified atom stereocenters. The Morgan fingerprint density at radius 2 is 0.865 bits per heavy atom. The third-order valence-electron chi connectivity index (χ3n) is 10.9. The second-order valence-electron chi connectivity index (χ2n) is 14.7. The largest absolute Gasteiger partial charge is 0.378 e. The highest BCUT2D eigenvalue weighted by Gasteiger charge is 2.31. The van der Waals surface area contributed by atoms with Crippen LogP contribution in [0.2, 0.25) is 0 Å². The summed E-state index contributed by atoms with van der Waals surface area (Å²) >= 11 is 0. The molecule has 8 bridgehead atoms. The van der Waals surface area contributed by atoms with Crippen molar-refractivity contribution in [1.29, 1.82) is 0 Å². The molecule has 4 heteroatoms. The number of hydrogen-bond acceptors (Lipinski definition) is 3. The molecular weight excluding hydrogens is 633 g/mol. The number of allylic oxidation sites excluding steroid dienone is 3. The lowest BCUT2D eigenvalue weighted by molar-refractivity contribution is 0.747. The zero-order valence-electron chi connectivity index (χ0n) is 30.2. The molecule has 4 N–H and O–H groups in total. The van der Waals surface area contributed by atoms with Gasteiger partial charge in [-0.15, -0.1) is 0 Å². The highest BCUT2D eigenvalue weighted by molar-refractivity contribution is 5.87. The molecule has 256 valence electrons. The van der Waals surface area contributed by atoms with Crippen LogP contribution in [0.1, 0.15) is 50.9 Å². The van der Waals surface area contributed by atoms with E-state index in [2.05, 4.69) is 188 Å². The van der Waals surface area contributed by atoms with Gasteiger partial charge in [0.2, 0.25) is 0 Å². The molecule has 4 nitrogen and oxygen atoms in total. The minimum absolute atomic E-state index is 0.0201. The Bertz CT molecular complexity index is 2470. The zero-order valence-corrected chi connectivity index (χ0v) is 30.2. The third kappa shape index (κ3) is 5.84. The predicted molar refractivity (Wildman–Crippen MR) is 215 cm³/mol. The summed E-state index contributed by atoms with van der Waals surface area (Å²) in [4.78, 5) is 3.94. The number of aromatic nitrogens is 1. The lowest BCUT2D eigenvalue weighted by Gasteiger charge is -2.25. The Morgan fingerprint density at radius 1 is 0.442 bits per heavy atom. The number of rotatable bonds is 4. The number of aryl methyl sites for hydroxylation is 4. The average molecular weight is 677 g/mol. The van der Waals surface area contributed by atoms with Crippen molar-refractivity contribution < 1.29 is 0 Å². The van der Waals surface area contributed by atoms with E-state index in [1.54, 1.807) is 0 Å². The fraction of sp³-hybridized carbons (Fsp3) is 0.167. The van der Waals surface area contributed by atoms with E-state index in [-0.39, 0.29) is 18.1 Å². The average Bonchev–Trinajstić information content (AvgIpc) is 3.99. The smallest absolute Gasteiger partial charge is 0.0728 e. The van der Waals surface area contributed by atoms with Crippen molar-refractivity contribution in [2.45, 2.75) is 52.2 Å². The molecule has 5 heterocycles. The summed E-state index contributed by atoms with van der Waals surface area (Å²) in [5.41, 5.74) is 18.2. The van der Waals surface area contributed by atoms with Crippen LogP contribution in [0.4, 0.5) is 0 Å². The van der Waals surface area contributed by atoms with Gasteiger partial charge in [-0.2, -0.15) is 0 Å². The second kappa shape index (κ2) is 13.0. The van der Waals surface area contributed by atoms with Crippen molar-refractivity contribution in [3.8, 4) is 0 Å². The highest BCUT2D eigenvalue weighted by atomic mass is 15.0. The Kier molecular flexibility index (Phi) is 7.96. The van der Waals surface area contributed by atoms with Crippen LogP contribution in [0.3, 0.4) is 0 Å². The van der Waals surface area contributed by atoms with Crippen LogP contribution in [0, 0.1) is 27.7 Å². The minimum atomic E-state index is -0.0303. The molecule has 1 aromatic heterocycles. The molecule has 5 aromatic rings. The maximum absolute atomic E-state index is 4.04. The van der Waals surface area contributed by atoms with Gasteiger partial charge in [0.15, 0.2) is 0 Å². The van der Waals surface area contributed by atoms with Crippen molar-refractivity contribution in [3.63, 3.8) is 0 Å². The fourth-order valence-corrected chi connectivity index (χ4v) is 8.11. The summed E-state index contributed by atoms with van der Waals surface area (Å²) in [5, 5.41) is 14.3. The first-order valence-electron chi connectivity index (χ1n) is 18.4. The normalized spacial score (nSPS) is 25.5. The molecule has 0 saturated carbocycles. The van der Waals surface area contributed by atoms with Crippen LogP contribution in [-0.4, -0.2) is 23.1 Å². The molecule has 0 fully saturated rings. The Hall–Kier alpha value is -6.00. The molecule has 0 spiro atoms. The standard InChI is InChI=1S/C48H44N4/c1-29-5-13-33(14-6-29)45-37-21-23-39(49-37)46(34-15-7-30(2)8-16-34)41-25-27-43(51-41)48(36-19-11-32(4)12-20-36)44-28-26-42(52-44)47(40-24-22-38(45)50-40)35-17-9-31(3)10-18-35/h5-27,38,41,44,49-52H,28H2,1-4H3/b45-37-,46-39-,47-40-,48-43-. The van der Waals surface area contributed by atoms with E-state index in [0.29, 0.717) is 0 Å². The van der Waals surface area contributed by atoms with Crippen LogP contribution in [-0.2, 0) is 0 Å². The Morgan fingerprint density at radius 3 is 1.37 bits per heavy atom. The summed E-state index contributed by atoms with van der Waals surface area (Å²) in [5.74, 6) is 0. The predicted octanol–water partition coefficient (Wildman–Crippen LogP) is 7.78. The van der Waals surface area contributed by atoms with E-state index in [0.717, 1.165) is 34.2 Å². The summed E-state index contributed by atoms with van der Waals surface area (Å²) < 4.78 is 0. The van der Waals surface area contributed by atoms with Crippen LogP contribution < -0.4 is 26.6 Å². The van der Waals surface area contributed by atoms with E-state index < -0.39 is 0 Å². The molecule has 3 atom stereocenters. The summed E-state index contributed by atoms with van der Waals surface area (Å²) in [6, 6.07) is 40.3. The molecule has 0 saturated heterocycles. The summed E-state index contributed by atoms with van der Waals surface area (Å²) in [6.07, 6.45) is 12.5. The van der Waals surface area contributed by atoms with Crippen LogP contribution in [0.5, 0.6) is 0 Å². The van der Waals surface area contributed by atoms with Crippen LogP contribution in [0.15, 0.2) is 157 Å². The van der Waals surface area contributed by atoms with Gasteiger partial charge < -0.3 is 20.9 Å². The van der Waals surface area contributed by atoms with Gasteiger partial charge in [0.05, 0.1) is 18.1 Å². The van der Waals surface area contributed by atoms with Gasteiger partial charge >= 0.3 is 0 Å². The van der Waals surface area contributed by atoms with E-state index in [4.69, 9.17) is 0 Å². The molecule has 4 aliphatic rings. The molecule has 9 rings (SSSR count). The van der Waals surface area contributed by atoms with Crippen molar-refractivity contribution in [3.05, 3.63) is 212 Å². The van der Waals surface area contributed by atoms with Crippen molar-refractivity contribution >= 4 is 22.3 Å². The van der Waals surface area contributed by atoms with E-state index in [9.17, 15) is 0 Å². The number of aromatic amines is 1. The molecule has 0 amide bonds. The Balaban J connectivity index is 1.31. The number of benzene rings is 4. The van der Waals surface area contributed by atoms with Gasteiger partial charge in [0, 0.05) is 50.1 Å². The first kappa shape index (κ1) is 31.9. The first-order valence-corrected chi connectivity index (χ1v) is 18.4. The third-order valence-corrected chi connectivity index (χ3v) is 10.9. The summed E-state index contributed by atoms with van der Waals surface area (Å²) in [6.45, 7) is 8.61. The second-order valence-corrected chi connectivity index (χ2v) is 14.7. The van der Waals surface area contributed by atoms with Crippen molar-refractivity contribution in [2.75, 3.05) is 0 Å². The van der Waals surface area contributed by atoms with Gasteiger partial charge in [0.25, 0.3) is 0 Å². The maximum Gasteiger partial charge on any atom is 0.0728 e. The maximum atomic E-state index is 4.04. The molecular formula is C48H44N4. The highest BCUT2D eigenvalue weighted by Crippen LogP contribution is 2.37. The van der Waals surface area contributed by atoms with Crippen LogP contribution in [0.25, 0.3) is 22.3 Å². The quantitative estimate of drug-likeness (QED) is 0.157. The molecule has 4 aromatic carbocycles. The van der Waals surface area contributed by atoms with Gasteiger partial charge in [-0.3, -0.25) is 0 Å². The SMILES string of the molecule is Cc1ccc(/C2=C3\C=CC(N3)/C(c3ccc(C)cc3)=c3/cc/c([nH]3)=C(\c3ccc(C)cc3)C3C=C/C(=C(\c4ccc(C)cc4)C4CC=C2N4)N3)cc1. The van der Waals surface area contributed by atoms with Gasteiger partial charge in [-0.25, -0.2) is 0 Å². The minimum Gasteiger partial charge on any atom is -0.378 e. The number of nitrogens with one attached hydrogen (secondary N) is 4. The molecule has 0 aliphatic carbocycles. The lowest BCUT2D eigenvalue weighted by Crippen LogP contribution is -2.33. The molecule has 4 aliphatic heterocycles. The molecule has 0 radical (unpaired) electrons. The molecule has 52 heavy (non-hydrogen) atoms. The first-order chi connectivity index (χ1) is 25.4. The summed E-state index contributed by atoms with van der Waals surface area (Å²) in [7, 11) is 0. The van der Waals surface area contributed by atoms with Crippen LogP contribution >= 0.6 is 0 Å². The number of fused-ring (bicyclic) bond motifs is 8. The monoisotopic (exact) mass is 676 g/mol. The van der Waals surface area contributed by atoms with Gasteiger partial charge in [-0.1, -0.05) is 138 Å².